The lowest BCUT2D eigenvalue weighted by molar-refractivity contribution is -0.384. The monoisotopic (exact) mass is 914 g/mol. The Kier molecular flexibility index (Phi) is 11.4. The number of aromatic nitrogens is 3. The van der Waals surface area contributed by atoms with Gasteiger partial charge in [-0.15, -0.1) is 0 Å². The van der Waals surface area contributed by atoms with Crippen LogP contribution in [0.2, 0.25) is 0 Å². The minimum absolute atomic E-state index is 0.00753. The van der Waals surface area contributed by atoms with Gasteiger partial charge in [-0.3, -0.25) is 19.8 Å². The summed E-state index contributed by atoms with van der Waals surface area (Å²) < 4.78 is 55.3. The Labute approximate surface area is 381 Å². The van der Waals surface area contributed by atoms with Crippen molar-refractivity contribution in [3.05, 3.63) is 136 Å². The highest BCUT2D eigenvalue weighted by Crippen LogP contribution is 2.54. The van der Waals surface area contributed by atoms with E-state index in [1.807, 2.05) is 6.07 Å². The van der Waals surface area contributed by atoms with Crippen molar-refractivity contribution < 1.29 is 32.0 Å². The number of carbonyl (C=O) groups is 1. The Morgan fingerprint density at radius 2 is 1.83 bits per heavy atom. The zero-order valence-electron chi connectivity index (χ0n) is 36.7. The summed E-state index contributed by atoms with van der Waals surface area (Å²) in [7, 11) is -4.79. The van der Waals surface area contributed by atoms with E-state index < -0.39 is 43.4 Å². The molecular formula is C49H51FN8O7S. The number of piperidine rings is 1. The summed E-state index contributed by atoms with van der Waals surface area (Å²) in [4.78, 5) is 42.2. The SMILES string of the molecule is CC(C)c1ccccc1[C@H]1CCCN1C1CC2(CCN(c3ccc(C(=O)NS(=O)(=O)c4cc([N+](=O)[O-])c5c(n4)OC[C@H](Cc4ccc(F)cc4)N5)c(Oc4cnc5[nH]ccc5c4)c3)CC2)C1. The van der Waals surface area contributed by atoms with Gasteiger partial charge >= 0.3 is 5.69 Å². The van der Waals surface area contributed by atoms with E-state index >= 15 is 0 Å². The number of halogens is 1. The maximum absolute atomic E-state index is 14.0. The van der Waals surface area contributed by atoms with Gasteiger partial charge in [0.1, 0.15) is 29.6 Å². The molecule has 1 saturated carbocycles. The number of rotatable bonds is 12. The van der Waals surface area contributed by atoms with Gasteiger partial charge in [-0.2, -0.15) is 13.4 Å². The molecule has 2 atom stereocenters. The number of likely N-dealkylation sites (tertiary alicyclic amines) is 1. The number of ether oxygens (including phenoxy) is 2. The van der Waals surface area contributed by atoms with E-state index in [9.17, 15) is 27.7 Å². The van der Waals surface area contributed by atoms with Crippen LogP contribution in [0, 0.1) is 21.3 Å². The van der Waals surface area contributed by atoms with Crippen LogP contribution >= 0.6 is 0 Å². The molecule has 3 aromatic carbocycles. The first-order valence-corrected chi connectivity index (χ1v) is 24.0. The van der Waals surface area contributed by atoms with Crippen LogP contribution in [-0.4, -0.2) is 77.4 Å². The lowest BCUT2D eigenvalue weighted by Crippen LogP contribution is -2.54. The lowest BCUT2D eigenvalue weighted by atomic mass is 9.59. The van der Waals surface area contributed by atoms with Crippen molar-refractivity contribution in [1.82, 2.24) is 24.6 Å². The Morgan fingerprint density at radius 3 is 2.61 bits per heavy atom. The van der Waals surface area contributed by atoms with Crippen LogP contribution in [0.4, 0.5) is 21.5 Å². The first-order valence-electron chi connectivity index (χ1n) is 22.6. The number of nitro groups is 1. The molecule has 0 bridgehead atoms. The van der Waals surface area contributed by atoms with Crippen LogP contribution in [0.15, 0.2) is 102 Å². The maximum atomic E-state index is 14.0. The van der Waals surface area contributed by atoms with Crippen molar-refractivity contribution in [3.63, 3.8) is 0 Å². The third kappa shape index (κ3) is 8.52. The molecule has 17 heteroatoms. The van der Waals surface area contributed by atoms with E-state index in [0.717, 1.165) is 55.2 Å². The van der Waals surface area contributed by atoms with Gasteiger partial charge in [0.15, 0.2) is 10.7 Å². The van der Waals surface area contributed by atoms with E-state index in [-0.39, 0.29) is 34.9 Å². The fraction of sp³-hybridized carbons (Fsp3) is 0.367. The Balaban J connectivity index is 0.856. The molecule has 3 aliphatic heterocycles. The van der Waals surface area contributed by atoms with Crippen molar-refractivity contribution in [1.29, 1.82) is 0 Å². The standard InChI is InChI=1S/C49H51FN8O7S/c1-30(2)38-6-3-4-7-39(38)41-8-5-19-57(41)36-26-49(27-36)16-20-56(21-17-49)35-13-14-40(43(24-35)65-37-23-32-15-18-51-46(32)52-28-37)47(59)55-66(62,63)44-25-42(58(60)61)45-48(54-44)64-29-34(53-45)22-31-9-11-33(50)12-10-31/h3-4,6-7,9-15,18,23-25,28,30,34,36,41,53H,5,8,16-17,19-22,26-27,29H2,1-2H3,(H,51,52)(H,55,59)/t34-,41+/m0/s1. The predicted octanol–water partition coefficient (Wildman–Crippen LogP) is 9.04. The second-order valence-electron chi connectivity index (χ2n) is 18.4. The van der Waals surface area contributed by atoms with Crippen molar-refractivity contribution in [3.8, 4) is 17.4 Å². The third-order valence-electron chi connectivity index (χ3n) is 13.9. The molecule has 10 rings (SSSR count). The Bertz CT molecular complexity index is 2930. The zero-order valence-corrected chi connectivity index (χ0v) is 37.5. The number of anilines is 2. The molecule has 3 fully saturated rings. The normalized spacial score (nSPS) is 19.5. The Hall–Kier alpha value is -6.59. The van der Waals surface area contributed by atoms with Crippen LogP contribution in [0.3, 0.4) is 0 Å². The summed E-state index contributed by atoms with van der Waals surface area (Å²) in [6.45, 7) is 7.32. The summed E-state index contributed by atoms with van der Waals surface area (Å²) in [5, 5.41) is 15.3. The average molecular weight is 915 g/mol. The van der Waals surface area contributed by atoms with Gasteiger partial charge in [0.25, 0.3) is 15.9 Å². The number of benzene rings is 3. The molecule has 66 heavy (non-hydrogen) atoms. The number of H-pyrrole nitrogens is 1. The number of sulfonamides is 1. The second-order valence-corrected chi connectivity index (χ2v) is 20.1. The lowest BCUT2D eigenvalue weighted by Gasteiger charge is -2.56. The van der Waals surface area contributed by atoms with E-state index in [2.05, 4.69) is 72.9 Å². The Morgan fingerprint density at radius 1 is 1.05 bits per heavy atom. The van der Waals surface area contributed by atoms with E-state index in [4.69, 9.17) is 9.47 Å². The number of hydrogen-bond donors (Lipinski definition) is 3. The molecule has 1 aliphatic carbocycles. The molecule has 0 unspecified atom stereocenters. The van der Waals surface area contributed by atoms with Crippen LogP contribution in [0.25, 0.3) is 11.0 Å². The van der Waals surface area contributed by atoms with Gasteiger partial charge in [0, 0.05) is 48.5 Å². The number of amides is 1. The highest BCUT2D eigenvalue weighted by Gasteiger charge is 2.50. The second kappa shape index (κ2) is 17.3. The molecule has 1 spiro atoms. The predicted molar refractivity (Wildman–Crippen MR) is 247 cm³/mol. The van der Waals surface area contributed by atoms with Crippen LogP contribution in [-0.2, 0) is 16.4 Å². The highest BCUT2D eigenvalue weighted by atomic mass is 32.2. The first kappa shape index (κ1) is 43.3. The molecule has 2 saturated heterocycles. The largest absolute Gasteiger partial charge is 0.474 e. The summed E-state index contributed by atoms with van der Waals surface area (Å²) in [5.41, 5.74) is 4.66. The van der Waals surface area contributed by atoms with Gasteiger partial charge in [-0.1, -0.05) is 50.2 Å². The summed E-state index contributed by atoms with van der Waals surface area (Å²) >= 11 is 0. The van der Waals surface area contributed by atoms with Crippen LogP contribution in [0.1, 0.15) is 91.4 Å². The molecule has 4 aliphatic rings. The molecule has 0 radical (unpaired) electrons. The minimum Gasteiger partial charge on any atom is -0.474 e. The van der Waals surface area contributed by atoms with Crippen molar-refractivity contribution in [2.45, 2.75) is 87.9 Å². The fourth-order valence-electron chi connectivity index (χ4n) is 10.5. The van der Waals surface area contributed by atoms with Crippen LogP contribution in [0.5, 0.6) is 17.4 Å². The summed E-state index contributed by atoms with van der Waals surface area (Å²) in [6.07, 6.45) is 10.5. The smallest absolute Gasteiger partial charge is 0.300 e. The van der Waals surface area contributed by atoms with Crippen molar-refractivity contribution in [2.75, 3.05) is 36.5 Å². The molecule has 1 amide bonds. The van der Waals surface area contributed by atoms with E-state index in [0.29, 0.717) is 35.8 Å². The molecule has 6 aromatic rings. The topological polar surface area (TPSA) is 185 Å². The van der Waals surface area contributed by atoms with Gasteiger partial charge < -0.3 is 24.7 Å². The number of carbonyl (C=O) groups excluding carboxylic acids is 1. The molecule has 3 aromatic heterocycles. The maximum Gasteiger partial charge on any atom is 0.300 e. The van der Waals surface area contributed by atoms with Crippen LogP contribution < -0.4 is 24.4 Å². The molecule has 342 valence electrons. The van der Waals surface area contributed by atoms with Gasteiger partial charge in [0.2, 0.25) is 5.88 Å². The van der Waals surface area contributed by atoms with E-state index in [1.165, 1.54) is 61.2 Å². The summed E-state index contributed by atoms with van der Waals surface area (Å²) in [6, 6.07) is 24.8. The fourth-order valence-corrected chi connectivity index (χ4v) is 11.4. The minimum atomic E-state index is -4.79. The number of nitrogens with one attached hydrogen (secondary N) is 3. The number of nitrogens with zero attached hydrogens (tertiary/aromatic N) is 5. The summed E-state index contributed by atoms with van der Waals surface area (Å²) in [5.74, 6) is -0.806. The molecule has 15 nitrogen and oxygen atoms in total. The number of fused-ring (bicyclic) bond motifs is 2. The van der Waals surface area contributed by atoms with Crippen molar-refractivity contribution in [2.24, 2.45) is 5.41 Å². The highest BCUT2D eigenvalue weighted by molar-refractivity contribution is 7.90. The van der Waals surface area contributed by atoms with Crippen molar-refractivity contribution >= 4 is 44.0 Å². The number of aromatic amines is 1. The quantitative estimate of drug-likeness (QED) is 0.0783. The molecular weight excluding hydrogens is 864 g/mol. The first-order chi connectivity index (χ1) is 31.8. The van der Waals surface area contributed by atoms with Gasteiger partial charge in [0.05, 0.1) is 28.8 Å². The van der Waals surface area contributed by atoms with Gasteiger partial charge in [-0.25, -0.2) is 14.1 Å². The molecule has 3 N–H and O–H groups in total. The zero-order chi connectivity index (χ0) is 45.7. The number of pyridine rings is 2. The average Bonchev–Trinajstić information content (AvgIpc) is 3.99. The molecule has 6 heterocycles. The van der Waals surface area contributed by atoms with E-state index in [1.54, 1.807) is 36.5 Å². The number of hydrogen-bond acceptors (Lipinski definition) is 12. The van der Waals surface area contributed by atoms with Gasteiger partial charge in [-0.05, 0) is 116 Å². The third-order valence-corrected chi connectivity index (χ3v) is 15.1.